The fourth-order valence-corrected chi connectivity index (χ4v) is 7.80. The van der Waals surface area contributed by atoms with Crippen LogP contribution < -0.4 is 9.47 Å². The van der Waals surface area contributed by atoms with Gasteiger partial charge >= 0.3 is 0 Å². The number of rotatable bonds is 9. The van der Waals surface area contributed by atoms with Crippen LogP contribution in [0.15, 0.2) is 67.9 Å². The summed E-state index contributed by atoms with van der Waals surface area (Å²) >= 11 is 7.35. The van der Waals surface area contributed by atoms with Crippen LogP contribution >= 0.6 is 31.9 Å². The Morgan fingerprint density at radius 3 is 2.02 bits per heavy atom. The van der Waals surface area contributed by atoms with E-state index in [1.807, 2.05) is 36.4 Å². The Bertz CT molecular complexity index is 1450. The van der Waals surface area contributed by atoms with Crippen molar-refractivity contribution in [3.05, 3.63) is 79.0 Å². The molecule has 0 saturated heterocycles. The average molecular weight is 716 g/mol. The second-order valence-electron chi connectivity index (χ2n) is 13.4. The van der Waals surface area contributed by atoms with Gasteiger partial charge in [0.15, 0.2) is 23.1 Å². The van der Waals surface area contributed by atoms with Gasteiger partial charge in [0.2, 0.25) is 0 Å². The number of benzene rings is 2. The molecule has 230 valence electrons. The third-order valence-electron chi connectivity index (χ3n) is 8.67. The summed E-state index contributed by atoms with van der Waals surface area (Å²) in [5, 5.41) is 0. The molecule has 0 radical (unpaired) electrons. The van der Waals surface area contributed by atoms with Gasteiger partial charge in [-0.3, -0.25) is 9.59 Å². The molecule has 43 heavy (non-hydrogen) atoms. The summed E-state index contributed by atoms with van der Waals surface area (Å²) in [5.41, 5.74) is 5.12. The molecule has 0 saturated carbocycles. The Kier molecular flexibility index (Phi) is 9.32. The molecule has 0 fully saturated rings. The Morgan fingerprint density at radius 2 is 1.47 bits per heavy atom. The smallest absolute Gasteiger partial charge is 0.175 e. The zero-order chi connectivity index (χ0) is 31.1. The van der Waals surface area contributed by atoms with Crippen molar-refractivity contribution in [3.8, 4) is 11.5 Å². The molecule has 2 aliphatic carbocycles. The van der Waals surface area contributed by atoms with Crippen molar-refractivity contribution in [1.29, 1.82) is 0 Å². The number of ketones is 2. The van der Waals surface area contributed by atoms with Crippen molar-refractivity contribution in [2.45, 2.75) is 72.3 Å². The van der Waals surface area contributed by atoms with Gasteiger partial charge < -0.3 is 19.1 Å². The van der Waals surface area contributed by atoms with Crippen molar-refractivity contribution in [1.82, 2.24) is 4.90 Å². The minimum absolute atomic E-state index is 0.113. The van der Waals surface area contributed by atoms with E-state index in [9.17, 15) is 9.59 Å². The number of hydrogen-bond acceptors (Lipinski definition) is 6. The van der Waals surface area contributed by atoms with Crippen molar-refractivity contribution >= 4 is 43.4 Å². The maximum Gasteiger partial charge on any atom is 0.175 e. The van der Waals surface area contributed by atoms with E-state index in [-0.39, 0.29) is 22.4 Å². The van der Waals surface area contributed by atoms with E-state index in [1.165, 1.54) is 0 Å². The summed E-state index contributed by atoms with van der Waals surface area (Å²) in [6, 6.07) is 11.9. The summed E-state index contributed by atoms with van der Waals surface area (Å²) in [4.78, 5) is 30.5. The first kappa shape index (κ1) is 32.0. The van der Waals surface area contributed by atoms with Crippen LogP contribution in [0, 0.1) is 10.8 Å². The maximum atomic E-state index is 14.1. The highest BCUT2D eigenvalue weighted by molar-refractivity contribution is 9.10. The molecule has 2 aromatic rings. The van der Waals surface area contributed by atoms with Crippen LogP contribution in [0.2, 0.25) is 0 Å². The number of ether oxygens (including phenoxy) is 3. The van der Waals surface area contributed by atoms with Gasteiger partial charge in [0.05, 0.1) is 11.6 Å². The van der Waals surface area contributed by atoms with E-state index in [0.29, 0.717) is 48.6 Å². The zero-order valence-electron chi connectivity index (χ0n) is 25.9. The molecule has 2 aromatic carbocycles. The van der Waals surface area contributed by atoms with Crippen LogP contribution in [-0.2, 0) is 20.9 Å². The molecular weight excluding hydrogens is 674 g/mol. The van der Waals surface area contributed by atoms with Crippen LogP contribution in [-0.4, -0.2) is 43.8 Å². The van der Waals surface area contributed by atoms with E-state index in [2.05, 4.69) is 64.5 Å². The molecule has 0 amide bonds. The first-order chi connectivity index (χ1) is 20.4. The van der Waals surface area contributed by atoms with Gasteiger partial charge in [0.1, 0.15) is 6.61 Å². The molecular formula is C35H41Br2NO5. The second-order valence-corrected chi connectivity index (χ2v) is 15.2. The number of methoxy groups -OCH3 is 2. The number of Topliss-reactive ketones (excluding diaryl/α,β-unsaturated/α-hetero) is 2. The van der Waals surface area contributed by atoms with Crippen LogP contribution in [0.25, 0.3) is 0 Å². The average Bonchev–Trinajstić information content (AvgIpc) is 2.92. The van der Waals surface area contributed by atoms with Gasteiger partial charge in [-0.25, -0.2) is 0 Å². The maximum absolute atomic E-state index is 14.1. The standard InChI is InChI=1S/C35H41Br2NO5/c1-34(2)16-25-31(27(39)18-34)30(32-26(38(25)12-9-13-41-5)17-35(3,4)19-28(32)40)22-14-24(37)33(29(15-22)42-6)43-20-21-10-7-8-11-23(21)36/h7-8,10-11,14-15,30H,9,12-13,16-20H2,1-6H3. The van der Waals surface area contributed by atoms with Crippen LogP contribution in [0.3, 0.4) is 0 Å². The number of hydrogen-bond donors (Lipinski definition) is 0. The largest absolute Gasteiger partial charge is 0.493 e. The molecule has 0 bridgehead atoms. The quantitative estimate of drug-likeness (QED) is 0.243. The highest BCUT2D eigenvalue weighted by Crippen LogP contribution is 2.55. The molecule has 3 aliphatic rings. The molecule has 6 nitrogen and oxygen atoms in total. The third-order valence-corrected chi connectivity index (χ3v) is 10.0. The first-order valence-corrected chi connectivity index (χ1v) is 16.5. The number of allylic oxidation sites excluding steroid dienone is 4. The fourth-order valence-electron chi connectivity index (χ4n) is 6.83. The summed E-state index contributed by atoms with van der Waals surface area (Å²) in [5.74, 6) is 0.895. The summed E-state index contributed by atoms with van der Waals surface area (Å²) in [7, 11) is 3.33. The van der Waals surface area contributed by atoms with Crippen molar-refractivity contribution in [2.75, 3.05) is 27.4 Å². The molecule has 0 aromatic heterocycles. The third kappa shape index (κ3) is 6.52. The predicted octanol–water partition coefficient (Wildman–Crippen LogP) is 8.52. The normalized spacial score (nSPS) is 19.9. The molecule has 5 rings (SSSR count). The van der Waals surface area contributed by atoms with Crippen molar-refractivity contribution in [3.63, 3.8) is 0 Å². The van der Waals surface area contributed by atoms with Crippen LogP contribution in [0.5, 0.6) is 11.5 Å². The minimum Gasteiger partial charge on any atom is -0.493 e. The minimum atomic E-state index is -0.460. The lowest BCUT2D eigenvalue weighted by Crippen LogP contribution is -2.44. The van der Waals surface area contributed by atoms with Crippen LogP contribution in [0.4, 0.5) is 0 Å². The predicted molar refractivity (Wildman–Crippen MR) is 175 cm³/mol. The zero-order valence-corrected chi connectivity index (χ0v) is 29.1. The van der Waals surface area contributed by atoms with Gasteiger partial charge in [-0.05, 0) is 69.8 Å². The van der Waals surface area contributed by atoms with E-state index in [4.69, 9.17) is 14.2 Å². The van der Waals surface area contributed by atoms with Gasteiger partial charge in [-0.1, -0.05) is 61.8 Å². The lowest BCUT2D eigenvalue weighted by molar-refractivity contribution is -0.119. The van der Waals surface area contributed by atoms with Crippen molar-refractivity contribution in [2.24, 2.45) is 10.8 Å². The second kappa shape index (κ2) is 12.5. The Hall–Kier alpha value is -2.42. The molecule has 8 heteroatoms. The first-order valence-electron chi connectivity index (χ1n) is 14.9. The summed E-state index contributed by atoms with van der Waals surface area (Å²) in [6.45, 7) is 10.3. The molecule has 1 heterocycles. The Labute approximate surface area is 272 Å². The van der Waals surface area contributed by atoms with E-state index >= 15 is 0 Å². The SMILES string of the molecule is COCCCN1C2=C(C(=O)CC(C)(C)C2)C(c2cc(Br)c(OCc3ccccc3Br)c(OC)c2)C2=C1CC(C)(C)CC2=O. The Morgan fingerprint density at radius 1 is 0.860 bits per heavy atom. The topological polar surface area (TPSA) is 65.1 Å². The van der Waals surface area contributed by atoms with Crippen LogP contribution in [0.1, 0.15) is 76.8 Å². The van der Waals surface area contributed by atoms with Gasteiger partial charge in [0.25, 0.3) is 0 Å². The number of carbonyl (C=O) groups is 2. The molecule has 0 spiro atoms. The van der Waals surface area contributed by atoms with E-state index in [1.54, 1.807) is 14.2 Å². The molecule has 0 unspecified atom stereocenters. The van der Waals surface area contributed by atoms with E-state index < -0.39 is 5.92 Å². The number of carbonyl (C=O) groups excluding carboxylic acids is 2. The summed E-state index contributed by atoms with van der Waals surface area (Å²) < 4.78 is 19.2. The highest BCUT2D eigenvalue weighted by Gasteiger charge is 2.49. The molecule has 0 atom stereocenters. The number of nitrogens with zero attached hydrogens (tertiary/aromatic N) is 1. The molecule has 1 aliphatic heterocycles. The number of halogens is 2. The Balaban J connectivity index is 1.65. The monoisotopic (exact) mass is 713 g/mol. The molecule has 0 N–H and O–H groups in total. The fraction of sp³-hybridized carbons (Fsp3) is 0.486. The van der Waals surface area contributed by atoms with Gasteiger partial charge in [-0.15, -0.1) is 0 Å². The van der Waals surface area contributed by atoms with Crippen molar-refractivity contribution < 1.29 is 23.8 Å². The van der Waals surface area contributed by atoms with Gasteiger partial charge in [-0.2, -0.15) is 0 Å². The highest BCUT2D eigenvalue weighted by atomic mass is 79.9. The summed E-state index contributed by atoms with van der Waals surface area (Å²) in [6.07, 6.45) is 3.24. The lowest BCUT2D eigenvalue weighted by atomic mass is 9.63. The lowest BCUT2D eigenvalue weighted by Gasteiger charge is -2.49. The van der Waals surface area contributed by atoms with E-state index in [0.717, 1.165) is 57.4 Å². The van der Waals surface area contributed by atoms with Gasteiger partial charge in [0, 0.05) is 71.6 Å².